The maximum atomic E-state index is 12.1. The maximum Gasteiger partial charge on any atom is 0.175 e. The number of aryl methyl sites for hydroxylation is 1. The molecule has 80 valence electrons. The van der Waals surface area contributed by atoms with Crippen molar-refractivity contribution in [2.45, 2.75) is 31.4 Å². The lowest BCUT2D eigenvalue weighted by molar-refractivity contribution is 0.0984. The van der Waals surface area contributed by atoms with Gasteiger partial charge in [0.05, 0.1) is 5.25 Å². The standard InChI is InChI=1S/C13H16OS/c1-10-5-4-6-11(9-10)13(14)12-7-2-3-8-15-12/h4-6,9,12H,2-3,7-8H2,1H3. The topological polar surface area (TPSA) is 17.1 Å². The second kappa shape index (κ2) is 4.84. The van der Waals surface area contributed by atoms with Crippen LogP contribution in [0.25, 0.3) is 0 Å². The van der Waals surface area contributed by atoms with Gasteiger partial charge in [0.15, 0.2) is 5.78 Å². The largest absolute Gasteiger partial charge is 0.293 e. The van der Waals surface area contributed by atoms with Crippen molar-refractivity contribution < 1.29 is 4.79 Å². The van der Waals surface area contributed by atoms with E-state index in [1.54, 1.807) is 0 Å². The van der Waals surface area contributed by atoms with Gasteiger partial charge in [0.2, 0.25) is 0 Å². The van der Waals surface area contributed by atoms with Crippen LogP contribution in [-0.4, -0.2) is 16.8 Å². The molecule has 1 saturated heterocycles. The van der Waals surface area contributed by atoms with Crippen LogP contribution < -0.4 is 0 Å². The van der Waals surface area contributed by atoms with Gasteiger partial charge in [0, 0.05) is 5.56 Å². The Balaban J connectivity index is 2.12. The lowest BCUT2D eigenvalue weighted by Crippen LogP contribution is -2.20. The maximum absolute atomic E-state index is 12.1. The molecule has 1 aliphatic heterocycles. The van der Waals surface area contributed by atoms with E-state index in [-0.39, 0.29) is 5.25 Å². The summed E-state index contributed by atoms with van der Waals surface area (Å²) in [6.07, 6.45) is 3.52. The number of hydrogen-bond donors (Lipinski definition) is 0. The third kappa shape index (κ3) is 2.63. The van der Waals surface area contributed by atoms with Gasteiger partial charge in [0.1, 0.15) is 0 Å². The summed E-state index contributed by atoms with van der Waals surface area (Å²) in [7, 11) is 0. The van der Waals surface area contributed by atoms with Gasteiger partial charge in [0.25, 0.3) is 0 Å². The molecule has 1 fully saturated rings. The first-order valence-electron chi connectivity index (χ1n) is 5.50. The number of Topliss-reactive ketones (excluding diaryl/α,β-unsaturated/α-hetero) is 1. The van der Waals surface area contributed by atoms with Gasteiger partial charge >= 0.3 is 0 Å². The number of thioether (sulfide) groups is 1. The second-order valence-electron chi connectivity index (χ2n) is 4.09. The average Bonchev–Trinajstić information content (AvgIpc) is 2.29. The van der Waals surface area contributed by atoms with E-state index in [4.69, 9.17) is 0 Å². The summed E-state index contributed by atoms with van der Waals surface area (Å²) in [5, 5.41) is 0.209. The van der Waals surface area contributed by atoms with Crippen molar-refractivity contribution in [3.63, 3.8) is 0 Å². The van der Waals surface area contributed by atoms with Crippen LogP contribution in [0.5, 0.6) is 0 Å². The molecule has 0 aliphatic carbocycles. The van der Waals surface area contributed by atoms with Crippen molar-refractivity contribution in [3.05, 3.63) is 35.4 Å². The zero-order chi connectivity index (χ0) is 10.7. The third-order valence-electron chi connectivity index (χ3n) is 2.77. The normalized spacial score (nSPS) is 21.3. The first-order chi connectivity index (χ1) is 7.27. The molecule has 0 radical (unpaired) electrons. The first-order valence-corrected chi connectivity index (χ1v) is 6.55. The number of carbonyl (C=O) groups is 1. The Hall–Kier alpha value is -0.760. The van der Waals surface area contributed by atoms with E-state index in [0.717, 1.165) is 17.7 Å². The molecule has 2 heteroatoms. The number of ketones is 1. The molecule has 0 saturated carbocycles. The zero-order valence-electron chi connectivity index (χ0n) is 9.03. The molecule has 1 aromatic rings. The second-order valence-corrected chi connectivity index (χ2v) is 5.40. The van der Waals surface area contributed by atoms with Gasteiger partial charge in [-0.3, -0.25) is 4.79 Å². The Morgan fingerprint density at radius 2 is 2.27 bits per heavy atom. The third-order valence-corrected chi connectivity index (χ3v) is 4.15. The van der Waals surface area contributed by atoms with Crippen LogP contribution in [0.3, 0.4) is 0 Å². The minimum absolute atomic E-state index is 0.209. The molecule has 1 heterocycles. The highest BCUT2D eigenvalue weighted by atomic mass is 32.2. The fraction of sp³-hybridized carbons (Fsp3) is 0.462. The quantitative estimate of drug-likeness (QED) is 0.710. The summed E-state index contributed by atoms with van der Waals surface area (Å²) in [5.74, 6) is 1.46. The smallest absolute Gasteiger partial charge is 0.175 e. The van der Waals surface area contributed by atoms with Crippen molar-refractivity contribution in [1.82, 2.24) is 0 Å². The molecule has 1 atom stereocenters. The lowest BCUT2D eigenvalue weighted by Gasteiger charge is -2.19. The monoisotopic (exact) mass is 220 g/mol. The van der Waals surface area contributed by atoms with Gasteiger partial charge < -0.3 is 0 Å². The molecule has 1 aromatic carbocycles. The van der Waals surface area contributed by atoms with Crippen LogP contribution in [0, 0.1) is 6.92 Å². The number of benzene rings is 1. The van der Waals surface area contributed by atoms with Gasteiger partial charge in [-0.05, 0) is 31.6 Å². The minimum atomic E-state index is 0.209. The molecule has 15 heavy (non-hydrogen) atoms. The van der Waals surface area contributed by atoms with Crippen molar-refractivity contribution in [3.8, 4) is 0 Å². The number of rotatable bonds is 2. The van der Waals surface area contributed by atoms with Crippen molar-refractivity contribution in [2.24, 2.45) is 0 Å². The lowest BCUT2D eigenvalue weighted by atomic mass is 10.0. The predicted octanol–water partition coefficient (Wildman–Crippen LogP) is 3.46. The van der Waals surface area contributed by atoms with Gasteiger partial charge in [-0.15, -0.1) is 0 Å². The molecular formula is C13H16OS. The zero-order valence-corrected chi connectivity index (χ0v) is 9.85. The van der Waals surface area contributed by atoms with E-state index in [1.807, 2.05) is 43.0 Å². The molecule has 2 rings (SSSR count). The molecular weight excluding hydrogens is 204 g/mol. The van der Waals surface area contributed by atoms with Crippen LogP contribution >= 0.6 is 11.8 Å². The Morgan fingerprint density at radius 1 is 1.40 bits per heavy atom. The van der Waals surface area contributed by atoms with Crippen molar-refractivity contribution in [1.29, 1.82) is 0 Å². The van der Waals surface area contributed by atoms with E-state index in [2.05, 4.69) is 0 Å². The van der Waals surface area contributed by atoms with Crippen LogP contribution in [0.4, 0.5) is 0 Å². The van der Waals surface area contributed by atoms with Gasteiger partial charge in [-0.25, -0.2) is 0 Å². The van der Waals surface area contributed by atoms with Crippen LogP contribution in [0.1, 0.15) is 35.2 Å². The molecule has 0 N–H and O–H groups in total. The van der Waals surface area contributed by atoms with Gasteiger partial charge in [-0.2, -0.15) is 11.8 Å². The highest BCUT2D eigenvalue weighted by molar-refractivity contribution is 8.00. The average molecular weight is 220 g/mol. The molecule has 0 aromatic heterocycles. The molecule has 0 amide bonds. The minimum Gasteiger partial charge on any atom is -0.293 e. The Morgan fingerprint density at radius 3 is 2.93 bits per heavy atom. The summed E-state index contributed by atoms with van der Waals surface area (Å²) in [6.45, 7) is 2.03. The molecule has 0 bridgehead atoms. The molecule has 1 nitrogen and oxygen atoms in total. The summed E-state index contributed by atoms with van der Waals surface area (Å²) in [4.78, 5) is 12.1. The predicted molar refractivity (Wildman–Crippen MR) is 65.6 cm³/mol. The Bertz CT molecular complexity index is 353. The van der Waals surface area contributed by atoms with E-state index in [0.29, 0.717) is 5.78 Å². The van der Waals surface area contributed by atoms with Crippen molar-refractivity contribution in [2.75, 3.05) is 5.75 Å². The summed E-state index contributed by atoms with van der Waals surface area (Å²) < 4.78 is 0. The highest BCUT2D eigenvalue weighted by Crippen LogP contribution is 2.27. The van der Waals surface area contributed by atoms with E-state index < -0.39 is 0 Å². The fourth-order valence-electron chi connectivity index (χ4n) is 1.93. The SMILES string of the molecule is Cc1cccc(C(=O)C2CCCCS2)c1. The highest BCUT2D eigenvalue weighted by Gasteiger charge is 2.22. The van der Waals surface area contributed by atoms with Crippen LogP contribution in [0.15, 0.2) is 24.3 Å². The summed E-state index contributed by atoms with van der Waals surface area (Å²) >= 11 is 1.82. The molecule has 1 aliphatic rings. The Labute approximate surface area is 95.3 Å². The molecule has 1 unspecified atom stereocenters. The van der Waals surface area contributed by atoms with Gasteiger partial charge in [-0.1, -0.05) is 30.2 Å². The van der Waals surface area contributed by atoms with Crippen molar-refractivity contribution >= 4 is 17.5 Å². The van der Waals surface area contributed by atoms with E-state index >= 15 is 0 Å². The van der Waals surface area contributed by atoms with E-state index in [1.165, 1.54) is 18.4 Å². The summed E-state index contributed by atoms with van der Waals surface area (Å²) in [6, 6.07) is 7.93. The fourth-order valence-corrected chi connectivity index (χ4v) is 3.21. The molecule has 0 spiro atoms. The number of carbonyl (C=O) groups excluding carboxylic acids is 1. The first kappa shape index (κ1) is 10.7. The van der Waals surface area contributed by atoms with Crippen LogP contribution in [-0.2, 0) is 0 Å². The number of hydrogen-bond acceptors (Lipinski definition) is 2. The Kier molecular flexibility index (Phi) is 3.47. The van der Waals surface area contributed by atoms with E-state index in [9.17, 15) is 4.79 Å². The summed E-state index contributed by atoms with van der Waals surface area (Å²) in [5.41, 5.74) is 2.05. The van der Waals surface area contributed by atoms with Crippen LogP contribution in [0.2, 0.25) is 0 Å².